The van der Waals surface area contributed by atoms with Crippen molar-refractivity contribution in [3.8, 4) is 0 Å². The minimum atomic E-state index is -0.993. The van der Waals surface area contributed by atoms with Crippen molar-refractivity contribution in [3.05, 3.63) is 0 Å². The largest absolute Gasteiger partial charge is 0.508 e. The predicted molar refractivity (Wildman–Crippen MR) is 253 cm³/mol. The number of nitrogens with two attached hydrogens (primary N) is 1. The summed E-state index contributed by atoms with van der Waals surface area (Å²) in [4.78, 5) is 32.5. The van der Waals surface area contributed by atoms with Gasteiger partial charge in [-0.2, -0.15) is 0 Å². The van der Waals surface area contributed by atoms with Crippen molar-refractivity contribution in [1.29, 1.82) is 0 Å². The Morgan fingerprint density at radius 1 is 0.587 bits per heavy atom. The third-order valence-electron chi connectivity index (χ3n) is 10.3. The van der Waals surface area contributed by atoms with E-state index >= 15 is 0 Å². The summed E-state index contributed by atoms with van der Waals surface area (Å²) >= 11 is 0. The Bertz CT molecular complexity index is 923. The molecule has 0 aliphatic carbocycles. The Morgan fingerprint density at radius 2 is 0.952 bits per heavy atom. The monoisotopic (exact) mass is 910 g/mol. The smallest absolute Gasteiger partial charge is 0.447 e. The fourth-order valence-electron chi connectivity index (χ4n) is 6.29. The van der Waals surface area contributed by atoms with Crippen LogP contribution in [0.4, 0.5) is 14.4 Å². The Morgan fingerprint density at radius 3 is 1.25 bits per heavy atom. The van der Waals surface area contributed by atoms with Gasteiger partial charge in [0.1, 0.15) is 25.4 Å². The number of rotatable bonds is 39. The van der Waals surface area contributed by atoms with Crippen LogP contribution in [0.5, 0.6) is 0 Å². The number of hydrogen-bond donors (Lipinski definition) is 8. The second kappa shape index (κ2) is 55.7. The molecule has 15 heteroatoms. The second-order valence-corrected chi connectivity index (χ2v) is 16.5. The van der Waals surface area contributed by atoms with E-state index in [2.05, 4.69) is 40.9 Å². The maximum absolute atomic E-state index is 11.3. The van der Waals surface area contributed by atoms with Crippen LogP contribution < -0.4 is 16.4 Å². The number of cyclic esters (lactones) is 2. The zero-order chi connectivity index (χ0) is 47.3. The summed E-state index contributed by atoms with van der Waals surface area (Å²) in [6.45, 7) is 7.53. The minimum Gasteiger partial charge on any atom is -0.447 e. The molecule has 15 nitrogen and oxygen atoms in total. The zero-order valence-electron chi connectivity index (χ0n) is 40.5. The van der Waals surface area contributed by atoms with Crippen LogP contribution in [-0.4, -0.2) is 121 Å². The standard InChI is InChI=1S/2C16H33NO4.C12H27N.C4H6O4/c1-2-3-4-5-6-7-8-9-10-11-12-17-16(20)21-14-15(19)13-18;1-2-3-4-5-6-7-8-9-10-11-12-17-16(20)21-15(13-18)14-19;1-2-3-4-5-6-7-8-9-10-11-12-13;5-1-3-2-7-4(6)8-3/h2*15,18-19H,2-14H2,1H3,(H,17,20);2-13H2,1H3;3,5H,1-2H2. The van der Waals surface area contributed by atoms with Gasteiger partial charge >= 0.3 is 18.3 Å². The molecular weight excluding hydrogens is 811 g/mol. The molecule has 1 aliphatic rings. The number of carbonyl (C=O) groups excluding carboxylic acids is 3. The van der Waals surface area contributed by atoms with Gasteiger partial charge in [0.25, 0.3) is 0 Å². The minimum absolute atomic E-state index is 0.161. The van der Waals surface area contributed by atoms with Crippen molar-refractivity contribution in [2.75, 3.05) is 59.3 Å². The van der Waals surface area contributed by atoms with E-state index in [-0.39, 0.29) is 33.0 Å². The van der Waals surface area contributed by atoms with Crippen LogP contribution in [0, 0.1) is 0 Å². The molecule has 9 N–H and O–H groups in total. The van der Waals surface area contributed by atoms with Crippen molar-refractivity contribution in [2.24, 2.45) is 5.73 Å². The van der Waals surface area contributed by atoms with Crippen molar-refractivity contribution in [3.63, 3.8) is 0 Å². The Labute approximate surface area is 383 Å². The molecule has 1 saturated heterocycles. The van der Waals surface area contributed by atoms with Crippen molar-refractivity contribution >= 4 is 18.3 Å². The summed E-state index contributed by atoms with van der Waals surface area (Å²) < 4.78 is 18.3. The third kappa shape index (κ3) is 55.6. The van der Waals surface area contributed by atoms with Crippen LogP contribution in [-0.2, 0) is 18.9 Å². The molecule has 0 radical (unpaired) electrons. The Kier molecular flexibility index (Phi) is 57.3. The highest BCUT2D eigenvalue weighted by atomic mass is 16.8. The summed E-state index contributed by atoms with van der Waals surface area (Å²) in [6, 6.07) is 0. The summed E-state index contributed by atoms with van der Waals surface area (Å²) in [5, 5.41) is 48.7. The number of hydrogen-bond acceptors (Lipinski definition) is 13. The van der Waals surface area contributed by atoms with Gasteiger partial charge in [0.15, 0.2) is 6.10 Å². The zero-order valence-corrected chi connectivity index (χ0v) is 40.5. The molecule has 63 heavy (non-hydrogen) atoms. The van der Waals surface area contributed by atoms with E-state index < -0.39 is 43.3 Å². The van der Waals surface area contributed by atoms with Crippen LogP contribution in [0.15, 0.2) is 0 Å². The maximum atomic E-state index is 11.3. The van der Waals surface area contributed by atoms with Gasteiger partial charge < -0.3 is 60.8 Å². The molecule has 0 bridgehead atoms. The van der Waals surface area contributed by atoms with Gasteiger partial charge in [0.2, 0.25) is 0 Å². The molecule has 0 aromatic heterocycles. The molecule has 2 atom stereocenters. The number of alkyl carbamates (subject to hydrolysis) is 2. The van der Waals surface area contributed by atoms with Gasteiger partial charge in [-0.1, -0.05) is 194 Å². The summed E-state index contributed by atoms with van der Waals surface area (Å²) in [5.41, 5.74) is 5.42. The van der Waals surface area contributed by atoms with Gasteiger partial charge in [-0.25, -0.2) is 14.4 Å². The van der Waals surface area contributed by atoms with Gasteiger partial charge in [0.05, 0.1) is 26.4 Å². The van der Waals surface area contributed by atoms with E-state index in [1.165, 1.54) is 167 Å². The molecule has 1 heterocycles. The number of carbonyl (C=O) groups is 3. The van der Waals surface area contributed by atoms with E-state index in [9.17, 15) is 14.4 Å². The number of nitrogens with one attached hydrogen (secondary N) is 2. The van der Waals surface area contributed by atoms with Crippen molar-refractivity contribution in [1.82, 2.24) is 10.6 Å². The van der Waals surface area contributed by atoms with Crippen LogP contribution in [0.25, 0.3) is 0 Å². The molecule has 2 unspecified atom stereocenters. The summed E-state index contributed by atoms with van der Waals surface area (Å²) in [5.74, 6) is 0. The quantitative estimate of drug-likeness (QED) is 0.0163. The third-order valence-corrected chi connectivity index (χ3v) is 10.3. The fourth-order valence-corrected chi connectivity index (χ4v) is 6.29. The highest BCUT2D eigenvalue weighted by Gasteiger charge is 2.23. The van der Waals surface area contributed by atoms with E-state index in [1.807, 2.05) is 0 Å². The highest BCUT2D eigenvalue weighted by molar-refractivity contribution is 5.67. The lowest BCUT2D eigenvalue weighted by Crippen LogP contribution is -2.33. The maximum Gasteiger partial charge on any atom is 0.508 e. The van der Waals surface area contributed by atoms with E-state index in [4.69, 9.17) is 40.7 Å². The fraction of sp³-hybridized carbons (Fsp3) is 0.938. The average Bonchev–Trinajstić information content (AvgIpc) is 3.73. The normalized spacial score (nSPS) is 13.3. The number of aliphatic hydroxyl groups is 5. The van der Waals surface area contributed by atoms with Crippen molar-refractivity contribution in [2.45, 2.75) is 232 Å². The summed E-state index contributed by atoms with van der Waals surface area (Å²) in [7, 11) is 0. The molecule has 1 aliphatic heterocycles. The first-order chi connectivity index (χ1) is 30.7. The number of unbranched alkanes of at least 4 members (excludes halogenated alkanes) is 27. The lowest BCUT2D eigenvalue weighted by atomic mass is 10.1. The van der Waals surface area contributed by atoms with Gasteiger partial charge in [-0.15, -0.1) is 0 Å². The van der Waals surface area contributed by atoms with Crippen LogP contribution in [0.1, 0.15) is 213 Å². The molecule has 0 spiro atoms. The average molecular weight is 910 g/mol. The number of aliphatic hydroxyl groups excluding tert-OH is 5. The highest BCUT2D eigenvalue weighted by Crippen LogP contribution is 2.12. The van der Waals surface area contributed by atoms with Crippen LogP contribution in [0.2, 0.25) is 0 Å². The molecule has 0 saturated carbocycles. The first kappa shape index (κ1) is 64.9. The Hall–Kier alpha value is -2.43. The summed E-state index contributed by atoms with van der Waals surface area (Å²) in [6.07, 6.45) is 35.1. The SMILES string of the molecule is CCCCCCCCCCCCN.CCCCCCCCCCCCNC(=O)OC(CO)CO.CCCCCCCCCCCCNC(=O)OCC(O)CO.O=C1OCC(CO)O1. The Balaban J connectivity index is -0.000000803. The molecule has 1 fully saturated rings. The topological polar surface area (TPSA) is 239 Å². The number of amides is 2. The van der Waals surface area contributed by atoms with E-state index in [0.717, 1.165) is 32.2 Å². The molecule has 0 aromatic rings. The first-order valence-electron chi connectivity index (χ1n) is 25.2. The van der Waals surface area contributed by atoms with Crippen molar-refractivity contribution < 1.29 is 58.9 Å². The second-order valence-electron chi connectivity index (χ2n) is 16.5. The molecule has 1 rings (SSSR count). The number of ether oxygens (including phenoxy) is 4. The lowest BCUT2D eigenvalue weighted by Gasteiger charge is -2.13. The van der Waals surface area contributed by atoms with Crippen LogP contribution in [0.3, 0.4) is 0 Å². The predicted octanol–water partition coefficient (Wildman–Crippen LogP) is 9.35. The van der Waals surface area contributed by atoms with E-state index in [1.54, 1.807) is 0 Å². The lowest BCUT2D eigenvalue weighted by molar-refractivity contribution is 0.0223. The van der Waals surface area contributed by atoms with E-state index in [0.29, 0.717) is 13.1 Å². The van der Waals surface area contributed by atoms with Crippen LogP contribution >= 0.6 is 0 Å². The first-order valence-corrected chi connectivity index (χ1v) is 25.2. The van der Waals surface area contributed by atoms with Gasteiger partial charge in [0, 0.05) is 13.1 Å². The molecular formula is C48H99N3O12. The molecule has 378 valence electrons. The van der Waals surface area contributed by atoms with Gasteiger partial charge in [-0.05, 0) is 25.8 Å². The van der Waals surface area contributed by atoms with Gasteiger partial charge in [-0.3, -0.25) is 0 Å². The molecule has 2 amide bonds. The molecule has 0 aromatic carbocycles.